The van der Waals surface area contributed by atoms with Crippen molar-refractivity contribution in [3.63, 3.8) is 0 Å². The third-order valence-corrected chi connectivity index (χ3v) is 4.26. The van der Waals surface area contributed by atoms with Gasteiger partial charge in [-0.15, -0.1) is 12.4 Å². The monoisotopic (exact) mass is 339 g/mol. The molecule has 0 aliphatic carbocycles. The van der Waals surface area contributed by atoms with Crippen LogP contribution in [0.25, 0.3) is 0 Å². The molecule has 2 atom stereocenters. The third-order valence-electron chi connectivity index (χ3n) is 4.26. The van der Waals surface area contributed by atoms with Crippen molar-refractivity contribution in [1.82, 2.24) is 4.90 Å². The number of benzene rings is 1. The number of hydrogen-bond donors (Lipinski definition) is 2. The number of carbonyl (C=O) groups is 2. The molecule has 1 aromatic rings. The summed E-state index contributed by atoms with van der Waals surface area (Å²) >= 11 is 0. The minimum absolute atomic E-state index is 0. The molecule has 0 bridgehead atoms. The molecule has 1 aliphatic rings. The first-order chi connectivity index (χ1) is 10.5. The molecule has 0 saturated carbocycles. The molecular weight excluding hydrogens is 314 g/mol. The Kier molecular flexibility index (Phi) is 7.52. The highest BCUT2D eigenvalue weighted by molar-refractivity contribution is 5.96. The van der Waals surface area contributed by atoms with E-state index in [0.717, 1.165) is 19.4 Å². The van der Waals surface area contributed by atoms with Gasteiger partial charge in [-0.25, -0.2) is 0 Å². The summed E-state index contributed by atoms with van der Waals surface area (Å²) in [6, 6.07) is 7.37. The van der Waals surface area contributed by atoms with Gasteiger partial charge in [-0.3, -0.25) is 9.59 Å². The van der Waals surface area contributed by atoms with E-state index >= 15 is 0 Å². The average Bonchev–Trinajstić information content (AvgIpc) is 2.54. The Hall–Kier alpha value is -1.59. The van der Waals surface area contributed by atoms with Crippen LogP contribution < -0.4 is 11.1 Å². The molecule has 0 spiro atoms. The van der Waals surface area contributed by atoms with Crippen LogP contribution >= 0.6 is 12.4 Å². The first-order valence-corrected chi connectivity index (χ1v) is 7.95. The number of anilines is 1. The van der Waals surface area contributed by atoms with Crippen molar-refractivity contribution >= 4 is 29.9 Å². The quantitative estimate of drug-likeness (QED) is 0.885. The number of rotatable bonds is 4. The van der Waals surface area contributed by atoms with Gasteiger partial charge in [-0.05, 0) is 50.5 Å². The van der Waals surface area contributed by atoms with E-state index in [1.807, 2.05) is 4.90 Å². The second kappa shape index (κ2) is 8.89. The Labute approximate surface area is 144 Å². The number of piperidine rings is 1. The van der Waals surface area contributed by atoms with Gasteiger partial charge in [0.2, 0.25) is 5.91 Å². The number of likely N-dealkylation sites (tertiary alicyclic amines) is 1. The van der Waals surface area contributed by atoms with Crippen molar-refractivity contribution in [2.75, 3.05) is 18.4 Å². The van der Waals surface area contributed by atoms with Crippen LogP contribution in [-0.2, 0) is 4.79 Å². The van der Waals surface area contributed by atoms with Crippen LogP contribution in [0.3, 0.4) is 0 Å². The van der Waals surface area contributed by atoms with Crippen LogP contribution in [0, 0.1) is 5.92 Å². The molecule has 0 aromatic heterocycles. The van der Waals surface area contributed by atoms with Gasteiger partial charge in [-0.1, -0.05) is 6.92 Å². The molecule has 1 aliphatic heterocycles. The molecule has 6 heteroatoms. The predicted octanol–water partition coefficient (Wildman–Crippen LogP) is 2.66. The molecule has 1 fully saturated rings. The zero-order chi connectivity index (χ0) is 16.1. The maximum absolute atomic E-state index is 12.5. The summed E-state index contributed by atoms with van der Waals surface area (Å²) in [4.78, 5) is 26.2. The largest absolute Gasteiger partial charge is 0.336 e. The Morgan fingerprint density at radius 1 is 1.30 bits per heavy atom. The lowest BCUT2D eigenvalue weighted by Gasteiger charge is -2.33. The average molecular weight is 340 g/mol. The fourth-order valence-electron chi connectivity index (χ4n) is 2.63. The van der Waals surface area contributed by atoms with Crippen LogP contribution in [-0.4, -0.2) is 35.8 Å². The zero-order valence-corrected chi connectivity index (χ0v) is 14.6. The number of hydrogen-bond acceptors (Lipinski definition) is 3. The summed E-state index contributed by atoms with van der Waals surface area (Å²) in [6.45, 7) is 5.02. The maximum Gasteiger partial charge on any atom is 0.254 e. The molecule has 2 amide bonds. The van der Waals surface area contributed by atoms with Crippen molar-refractivity contribution in [1.29, 1.82) is 0 Å². The number of nitrogens with zero attached hydrogens (tertiary/aromatic N) is 1. The molecule has 5 nitrogen and oxygen atoms in total. The van der Waals surface area contributed by atoms with E-state index in [4.69, 9.17) is 5.73 Å². The SMILES string of the molecule is CC(CN)C(=O)Nc1ccc(C(=O)N2CCCCC2C)cc1.Cl. The molecule has 1 aromatic carbocycles. The van der Waals surface area contributed by atoms with E-state index in [1.165, 1.54) is 6.42 Å². The molecular formula is C17H26ClN3O2. The number of halogens is 1. The topological polar surface area (TPSA) is 75.4 Å². The Morgan fingerprint density at radius 3 is 2.52 bits per heavy atom. The number of nitrogens with two attached hydrogens (primary N) is 1. The Morgan fingerprint density at radius 2 is 1.96 bits per heavy atom. The molecule has 3 N–H and O–H groups in total. The number of carbonyl (C=O) groups excluding carboxylic acids is 2. The van der Waals surface area contributed by atoms with Gasteiger partial charge < -0.3 is 16.0 Å². The van der Waals surface area contributed by atoms with Crippen molar-refractivity contribution in [2.24, 2.45) is 11.7 Å². The lowest BCUT2D eigenvalue weighted by atomic mass is 10.0. The van der Waals surface area contributed by atoms with E-state index in [1.54, 1.807) is 31.2 Å². The maximum atomic E-state index is 12.5. The summed E-state index contributed by atoms with van der Waals surface area (Å²) in [5.41, 5.74) is 6.83. The fourth-order valence-corrected chi connectivity index (χ4v) is 2.63. The number of nitrogens with one attached hydrogen (secondary N) is 1. The second-order valence-corrected chi connectivity index (χ2v) is 6.05. The molecule has 2 unspecified atom stereocenters. The lowest BCUT2D eigenvalue weighted by Crippen LogP contribution is -2.42. The van der Waals surface area contributed by atoms with E-state index in [9.17, 15) is 9.59 Å². The third kappa shape index (κ3) is 4.94. The molecule has 1 heterocycles. The van der Waals surface area contributed by atoms with Gasteiger partial charge in [0.1, 0.15) is 0 Å². The fraction of sp³-hybridized carbons (Fsp3) is 0.529. The van der Waals surface area contributed by atoms with Crippen LogP contribution in [0.1, 0.15) is 43.5 Å². The van der Waals surface area contributed by atoms with E-state index in [-0.39, 0.29) is 30.1 Å². The lowest BCUT2D eigenvalue weighted by molar-refractivity contribution is -0.119. The summed E-state index contributed by atoms with van der Waals surface area (Å²) in [7, 11) is 0. The smallest absolute Gasteiger partial charge is 0.254 e. The van der Waals surface area contributed by atoms with E-state index < -0.39 is 0 Å². The molecule has 0 radical (unpaired) electrons. The van der Waals surface area contributed by atoms with Crippen molar-refractivity contribution in [3.05, 3.63) is 29.8 Å². The minimum Gasteiger partial charge on any atom is -0.336 e. The normalized spacial score (nSPS) is 18.7. The van der Waals surface area contributed by atoms with Crippen molar-refractivity contribution < 1.29 is 9.59 Å². The molecule has 23 heavy (non-hydrogen) atoms. The number of amides is 2. The minimum atomic E-state index is -0.226. The summed E-state index contributed by atoms with van der Waals surface area (Å²) in [6.07, 6.45) is 3.33. The second-order valence-electron chi connectivity index (χ2n) is 6.05. The van der Waals surface area contributed by atoms with Crippen LogP contribution in [0.15, 0.2) is 24.3 Å². The molecule has 2 rings (SSSR count). The first-order valence-electron chi connectivity index (χ1n) is 7.95. The highest BCUT2D eigenvalue weighted by Gasteiger charge is 2.24. The summed E-state index contributed by atoms with van der Waals surface area (Å²) in [5, 5.41) is 2.80. The van der Waals surface area contributed by atoms with Crippen molar-refractivity contribution in [2.45, 2.75) is 39.2 Å². The van der Waals surface area contributed by atoms with Crippen LogP contribution in [0.5, 0.6) is 0 Å². The van der Waals surface area contributed by atoms with Crippen molar-refractivity contribution in [3.8, 4) is 0 Å². The van der Waals surface area contributed by atoms with Gasteiger partial charge >= 0.3 is 0 Å². The first kappa shape index (κ1) is 19.5. The zero-order valence-electron chi connectivity index (χ0n) is 13.7. The van der Waals surface area contributed by atoms with Crippen LogP contribution in [0.2, 0.25) is 0 Å². The van der Waals surface area contributed by atoms with E-state index in [2.05, 4.69) is 12.2 Å². The van der Waals surface area contributed by atoms with Gasteiger partial charge in [0.25, 0.3) is 5.91 Å². The predicted molar refractivity (Wildman–Crippen MR) is 94.9 cm³/mol. The van der Waals surface area contributed by atoms with Gasteiger partial charge in [0, 0.05) is 36.3 Å². The van der Waals surface area contributed by atoms with E-state index in [0.29, 0.717) is 23.8 Å². The molecule has 1 saturated heterocycles. The van der Waals surface area contributed by atoms with Gasteiger partial charge in [0.15, 0.2) is 0 Å². The Bertz CT molecular complexity index is 533. The standard InChI is InChI=1S/C17H25N3O2.ClH/c1-12(11-18)16(21)19-15-8-6-14(7-9-15)17(22)20-10-4-3-5-13(20)2;/h6-9,12-13H,3-5,10-11,18H2,1-2H3,(H,19,21);1H. The summed E-state index contributed by atoms with van der Waals surface area (Å²) < 4.78 is 0. The Balaban J connectivity index is 0.00000264. The van der Waals surface area contributed by atoms with Gasteiger partial charge in [0.05, 0.1) is 0 Å². The molecule has 128 valence electrons. The highest BCUT2D eigenvalue weighted by atomic mass is 35.5. The highest BCUT2D eigenvalue weighted by Crippen LogP contribution is 2.20. The van der Waals surface area contributed by atoms with Crippen LogP contribution in [0.4, 0.5) is 5.69 Å². The summed E-state index contributed by atoms with van der Waals surface area (Å²) in [5.74, 6) is -0.262. The van der Waals surface area contributed by atoms with Gasteiger partial charge in [-0.2, -0.15) is 0 Å².